The van der Waals surface area contributed by atoms with Crippen molar-refractivity contribution in [2.45, 2.75) is 34.1 Å². The average Bonchev–Trinajstić information content (AvgIpc) is 2.64. The minimum absolute atomic E-state index is 0.0256. The van der Waals surface area contributed by atoms with Crippen molar-refractivity contribution in [1.82, 2.24) is 10.3 Å². The van der Waals surface area contributed by atoms with Gasteiger partial charge in [-0.1, -0.05) is 0 Å². The van der Waals surface area contributed by atoms with Gasteiger partial charge in [0.25, 0.3) is 5.91 Å². The second-order valence-electron chi connectivity index (χ2n) is 6.52. The van der Waals surface area contributed by atoms with Crippen molar-refractivity contribution in [2.75, 3.05) is 13.2 Å². The summed E-state index contributed by atoms with van der Waals surface area (Å²) in [6.45, 7) is 7.61. The van der Waals surface area contributed by atoms with E-state index in [2.05, 4.69) is 10.3 Å². The lowest BCUT2D eigenvalue weighted by molar-refractivity contribution is 0.0950. The third-order valence-corrected chi connectivity index (χ3v) is 4.84. The number of aromatic nitrogens is 1. The molecule has 1 amide bonds. The zero-order chi connectivity index (χ0) is 19.0. The summed E-state index contributed by atoms with van der Waals surface area (Å²) in [6.07, 6.45) is 0.499. The number of rotatable bonds is 4. The number of carbonyl (C=O) groups excluding carboxylic acids is 1. The lowest BCUT2D eigenvalue weighted by atomic mass is 9.98. The molecule has 0 atom stereocenters. The fourth-order valence-corrected chi connectivity index (χ4v) is 3.08. The molecule has 136 valence electrons. The van der Waals surface area contributed by atoms with E-state index in [0.717, 1.165) is 5.56 Å². The van der Waals surface area contributed by atoms with Gasteiger partial charge < -0.3 is 14.8 Å². The summed E-state index contributed by atoms with van der Waals surface area (Å²) in [7, 11) is 0. The van der Waals surface area contributed by atoms with E-state index in [1.54, 1.807) is 32.9 Å². The number of amides is 1. The highest BCUT2D eigenvalue weighted by Crippen LogP contribution is 2.32. The summed E-state index contributed by atoms with van der Waals surface area (Å²) in [6, 6.07) is 3.47. The molecule has 1 aromatic rings. The molecule has 3 rings (SSSR count). The smallest absolute Gasteiger partial charge is 0.251 e. The van der Waals surface area contributed by atoms with E-state index in [1.807, 2.05) is 6.92 Å². The largest absolute Gasteiger partial charge is 0.452 e. The topological polar surface area (TPSA) is 92.4 Å². The van der Waals surface area contributed by atoms with Gasteiger partial charge in [-0.05, 0) is 51.8 Å². The number of nitrogens with zero attached hydrogens (tertiary/aromatic N) is 1. The Hall–Kier alpha value is -2.73. The van der Waals surface area contributed by atoms with Gasteiger partial charge in [-0.25, -0.2) is 4.98 Å². The monoisotopic (exact) mass is 354 g/mol. The summed E-state index contributed by atoms with van der Waals surface area (Å²) in [4.78, 5) is 29.4. The number of aliphatic hydroxyl groups excluding tert-OH is 1. The van der Waals surface area contributed by atoms with Crippen LogP contribution in [-0.2, 0) is 0 Å². The van der Waals surface area contributed by atoms with Gasteiger partial charge in [0, 0.05) is 35.4 Å². The SMILES string of the molecule is Cc1c2nc3ccc(C(=O)NCCCO)c(C)c3oc-2c(C)c(=O)c1C. The second-order valence-corrected chi connectivity index (χ2v) is 6.52. The van der Waals surface area contributed by atoms with Gasteiger partial charge >= 0.3 is 0 Å². The molecule has 1 aliphatic carbocycles. The standard InChI is InChI=1S/C20H22N2O4/c1-10-11(2)17(24)13(4)19-16(10)22-15-7-6-14(12(3)18(15)26-19)20(25)21-8-5-9-23/h6-7,23H,5,8-9H2,1-4H3,(H,21,25). The molecule has 1 heterocycles. The number of benzene rings is 2. The molecule has 1 aromatic carbocycles. The van der Waals surface area contributed by atoms with Crippen molar-refractivity contribution in [3.05, 3.63) is 50.2 Å². The number of aliphatic hydroxyl groups is 1. The van der Waals surface area contributed by atoms with Gasteiger partial charge in [0.2, 0.25) is 0 Å². The van der Waals surface area contributed by atoms with Crippen LogP contribution in [0.2, 0.25) is 0 Å². The van der Waals surface area contributed by atoms with Gasteiger partial charge in [-0.15, -0.1) is 0 Å². The van der Waals surface area contributed by atoms with E-state index in [1.165, 1.54) is 0 Å². The summed E-state index contributed by atoms with van der Waals surface area (Å²) < 4.78 is 6.06. The van der Waals surface area contributed by atoms with Crippen molar-refractivity contribution in [3.63, 3.8) is 0 Å². The Morgan fingerprint density at radius 2 is 1.85 bits per heavy atom. The Morgan fingerprint density at radius 3 is 2.54 bits per heavy atom. The Bertz CT molecular complexity index is 1040. The summed E-state index contributed by atoms with van der Waals surface area (Å²) in [5.41, 5.74) is 4.93. The molecular formula is C20H22N2O4. The Labute approximate surface area is 151 Å². The number of nitrogens with one attached hydrogen (secondary N) is 1. The fraction of sp³-hybridized carbons (Fsp3) is 0.350. The Morgan fingerprint density at radius 1 is 1.12 bits per heavy atom. The fourth-order valence-electron chi connectivity index (χ4n) is 3.08. The second kappa shape index (κ2) is 6.88. The van der Waals surface area contributed by atoms with Crippen LogP contribution in [0.1, 0.15) is 39.0 Å². The molecular weight excluding hydrogens is 332 g/mol. The van der Waals surface area contributed by atoms with Gasteiger partial charge in [0.05, 0.1) is 0 Å². The lowest BCUT2D eigenvalue weighted by Gasteiger charge is -2.15. The molecule has 0 fully saturated rings. The van der Waals surface area contributed by atoms with Crippen molar-refractivity contribution < 1.29 is 14.3 Å². The third-order valence-electron chi connectivity index (χ3n) is 4.84. The molecule has 2 N–H and O–H groups in total. The van der Waals surface area contributed by atoms with E-state index in [9.17, 15) is 9.59 Å². The molecule has 1 aliphatic heterocycles. The van der Waals surface area contributed by atoms with Gasteiger partial charge in [-0.2, -0.15) is 0 Å². The van der Waals surface area contributed by atoms with Crippen LogP contribution >= 0.6 is 0 Å². The maximum atomic E-state index is 12.4. The Kier molecular flexibility index (Phi) is 4.78. The van der Waals surface area contributed by atoms with Crippen LogP contribution in [0.4, 0.5) is 0 Å². The van der Waals surface area contributed by atoms with E-state index in [-0.39, 0.29) is 17.9 Å². The lowest BCUT2D eigenvalue weighted by Crippen LogP contribution is -2.25. The molecule has 6 heteroatoms. The minimum Gasteiger partial charge on any atom is -0.452 e. The van der Waals surface area contributed by atoms with Crippen LogP contribution in [0, 0.1) is 27.7 Å². The maximum absolute atomic E-state index is 12.4. The molecule has 26 heavy (non-hydrogen) atoms. The van der Waals surface area contributed by atoms with Crippen LogP contribution in [0.25, 0.3) is 22.6 Å². The molecule has 0 bridgehead atoms. The predicted octanol–water partition coefficient (Wildman–Crippen LogP) is 2.64. The highest BCUT2D eigenvalue weighted by atomic mass is 16.3. The normalized spacial score (nSPS) is 11.3. The zero-order valence-electron chi connectivity index (χ0n) is 15.4. The van der Waals surface area contributed by atoms with Gasteiger partial charge in [0.1, 0.15) is 11.2 Å². The number of carbonyl (C=O) groups is 1. The number of aryl methyl sites for hydroxylation is 1. The summed E-state index contributed by atoms with van der Waals surface area (Å²) in [5.74, 6) is 0.237. The van der Waals surface area contributed by atoms with Crippen LogP contribution in [0.5, 0.6) is 0 Å². The molecule has 0 unspecified atom stereocenters. The van der Waals surface area contributed by atoms with E-state index >= 15 is 0 Å². The number of hydrogen-bond acceptors (Lipinski definition) is 5. The first-order valence-electron chi connectivity index (χ1n) is 8.59. The molecule has 0 spiro atoms. The number of hydrogen-bond donors (Lipinski definition) is 2. The third kappa shape index (κ3) is 2.86. The van der Waals surface area contributed by atoms with Crippen LogP contribution in [0.15, 0.2) is 21.3 Å². The van der Waals surface area contributed by atoms with Crippen molar-refractivity contribution >= 4 is 17.0 Å². The summed E-state index contributed by atoms with van der Waals surface area (Å²) >= 11 is 0. The van der Waals surface area contributed by atoms with Gasteiger partial charge in [-0.3, -0.25) is 9.59 Å². The average molecular weight is 354 g/mol. The van der Waals surface area contributed by atoms with Crippen molar-refractivity contribution in [1.29, 1.82) is 0 Å². The molecule has 0 aromatic heterocycles. The van der Waals surface area contributed by atoms with E-state index in [4.69, 9.17) is 9.52 Å². The number of fused-ring (bicyclic) bond motifs is 2. The Balaban J connectivity index is 2.20. The highest BCUT2D eigenvalue weighted by molar-refractivity contribution is 5.99. The molecule has 0 saturated heterocycles. The summed E-state index contributed by atoms with van der Waals surface area (Å²) in [5, 5.41) is 11.6. The molecule has 0 saturated carbocycles. The van der Waals surface area contributed by atoms with Gasteiger partial charge in [0.15, 0.2) is 16.8 Å². The molecule has 2 aliphatic rings. The zero-order valence-corrected chi connectivity index (χ0v) is 15.4. The van der Waals surface area contributed by atoms with Crippen LogP contribution < -0.4 is 10.7 Å². The molecule has 6 nitrogen and oxygen atoms in total. The first-order chi connectivity index (χ1) is 12.4. The van der Waals surface area contributed by atoms with Crippen molar-refractivity contribution in [2.24, 2.45) is 0 Å². The maximum Gasteiger partial charge on any atom is 0.251 e. The molecule has 0 radical (unpaired) electrons. The van der Waals surface area contributed by atoms with E-state index in [0.29, 0.717) is 57.8 Å². The first kappa shape index (κ1) is 18.1. The van der Waals surface area contributed by atoms with Crippen LogP contribution in [-0.4, -0.2) is 29.1 Å². The predicted molar refractivity (Wildman–Crippen MR) is 99.9 cm³/mol. The van der Waals surface area contributed by atoms with Crippen LogP contribution in [0.3, 0.4) is 0 Å². The van der Waals surface area contributed by atoms with E-state index < -0.39 is 0 Å². The highest BCUT2D eigenvalue weighted by Gasteiger charge is 2.22. The van der Waals surface area contributed by atoms with Crippen molar-refractivity contribution in [3.8, 4) is 11.5 Å². The quantitative estimate of drug-likeness (QED) is 0.555. The minimum atomic E-state index is -0.227. The first-order valence-corrected chi connectivity index (χ1v) is 8.59.